The largest absolute Gasteiger partial charge is 0.474 e. The van der Waals surface area contributed by atoms with Gasteiger partial charge in [-0.05, 0) is 26.0 Å². The Morgan fingerprint density at radius 3 is 2.95 bits per heavy atom. The van der Waals surface area contributed by atoms with E-state index < -0.39 is 11.0 Å². The van der Waals surface area contributed by atoms with Crippen molar-refractivity contribution in [2.45, 2.75) is 26.0 Å². The van der Waals surface area contributed by atoms with Gasteiger partial charge in [0.25, 0.3) is 5.91 Å². The van der Waals surface area contributed by atoms with Gasteiger partial charge in [0.05, 0.1) is 4.92 Å². The van der Waals surface area contributed by atoms with Crippen molar-refractivity contribution in [3.05, 3.63) is 33.3 Å². The summed E-state index contributed by atoms with van der Waals surface area (Å²) in [6.45, 7) is 5.58. The first-order valence-corrected chi connectivity index (χ1v) is 7.39. The maximum atomic E-state index is 12.4. The summed E-state index contributed by atoms with van der Waals surface area (Å²) < 4.78 is 5.51. The monoisotopic (exact) mass is 327 g/mol. The summed E-state index contributed by atoms with van der Waals surface area (Å²) >= 11 is 5.76. The molecule has 0 aliphatic carbocycles. The zero-order valence-electron chi connectivity index (χ0n) is 12.4. The highest BCUT2D eigenvalue weighted by molar-refractivity contribution is 6.30. The molecule has 1 aromatic carbocycles. The van der Waals surface area contributed by atoms with Crippen LogP contribution in [-0.4, -0.2) is 47.5 Å². The van der Waals surface area contributed by atoms with Crippen molar-refractivity contribution in [1.29, 1.82) is 0 Å². The number of carbonyl (C=O) groups is 1. The molecule has 1 aliphatic rings. The summed E-state index contributed by atoms with van der Waals surface area (Å²) in [7, 11) is 0. The van der Waals surface area contributed by atoms with Crippen LogP contribution in [-0.2, 0) is 4.79 Å². The summed E-state index contributed by atoms with van der Waals surface area (Å²) in [6.07, 6.45) is -0.805. The van der Waals surface area contributed by atoms with Crippen LogP contribution in [0.5, 0.6) is 5.75 Å². The molecule has 1 amide bonds. The van der Waals surface area contributed by atoms with Gasteiger partial charge in [-0.2, -0.15) is 0 Å². The molecule has 2 rings (SSSR count). The Morgan fingerprint density at radius 2 is 2.32 bits per heavy atom. The first-order valence-electron chi connectivity index (χ1n) is 7.02. The summed E-state index contributed by atoms with van der Waals surface area (Å²) in [5, 5.41) is 14.5. The van der Waals surface area contributed by atoms with Gasteiger partial charge in [-0.25, -0.2) is 0 Å². The van der Waals surface area contributed by atoms with Crippen molar-refractivity contribution in [2.24, 2.45) is 0 Å². The maximum Gasteiger partial charge on any atom is 0.312 e. The molecule has 8 heteroatoms. The highest BCUT2D eigenvalue weighted by Gasteiger charge is 2.29. The van der Waals surface area contributed by atoms with Gasteiger partial charge in [0.15, 0.2) is 11.9 Å². The highest BCUT2D eigenvalue weighted by atomic mass is 35.5. The highest BCUT2D eigenvalue weighted by Crippen LogP contribution is 2.30. The summed E-state index contributed by atoms with van der Waals surface area (Å²) in [5.41, 5.74) is -0.250. The molecule has 7 nitrogen and oxygen atoms in total. The van der Waals surface area contributed by atoms with Crippen molar-refractivity contribution in [2.75, 3.05) is 19.6 Å². The minimum Gasteiger partial charge on any atom is -0.474 e. The third-order valence-electron chi connectivity index (χ3n) is 3.55. The van der Waals surface area contributed by atoms with Gasteiger partial charge in [0.2, 0.25) is 0 Å². The molecular weight excluding hydrogens is 310 g/mol. The number of benzene rings is 1. The Bertz CT molecular complexity index is 581. The van der Waals surface area contributed by atoms with E-state index in [9.17, 15) is 14.9 Å². The average molecular weight is 328 g/mol. The lowest BCUT2D eigenvalue weighted by Crippen LogP contribution is -2.55. The SMILES string of the molecule is CC(Oc1ccc(Cl)cc1[N+](=O)[O-])C(=O)N1CCNC[C@@H]1C. The minimum atomic E-state index is -0.805. The Labute approximate surface area is 133 Å². The fourth-order valence-corrected chi connectivity index (χ4v) is 2.54. The van der Waals surface area contributed by atoms with E-state index >= 15 is 0 Å². The number of carbonyl (C=O) groups excluding carboxylic acids is 1. The lowest BCUT2D eigenvalue weighted by atomic mass is 10.2. The van der Waals surface area contributed by atoms with Gasteiger partial charge in [-0.15, -0.1) is 0 Å². The molecule has 120 valence electrons. The molecule has 1 aromatic rings. The molecule has 1 fully saturated rings. The van der Waals surface area contributed by atoms with E-state index in [1.54, 1.807) is 11.8 Å². The zero-order valence-corrected chi connectivity index (χ0v) is 13.2. The van der Waals surface area contributed by atoms with Crippen molar-refractivity contribution < 1.29 is 14.5 Å². The second-order valence-corrected chi connectivity index (χ2v) is 5.65. The van der Waals surface area contributed by atoms with Crippen molar-refractivity contribution in [3.63, 3.8) is 0 Å². The van der Waals surface area contributed by atoms with Crippen LogP contribution in [0.4, 0.5) is 5.69 Å². The predicted octanol–water partition coefficient (Wildman–Crippen LogP) is 1.84. The van der Waals surface area contributed by atoms with Crippen LogP contribution in [0.15, 0.2) is 18.2 Å². The fourth-order valence-electron chi connectivity index (χ4n) is 2.38. The zero-order chi connectivity index (χ0) is 16.3. The fraction of sp³-hybridized carbons (Fsp3) is 0.500. The number of rotatable bonds is 4. The van der Waals surface area contributed by atoms with Crippen LogP contribution in [0.2, 0.25) is 5.02 Å². The Kier molecular flexibility index (Phi) is 5.20. The standard InChI is InChI=1S/C14H18ClN3O4/c1-9-8-16-5-6-17(9)14(19)10(2)22-13-4-3-11(15)7-12(13)18(20)21/h3-4,7,9-10,16H,5-6,8H2,1-2H3/t9-,10?/m0/s1. The number of hydrogen-bond acceptors (Lipinski definition) is 5. The van der Waals surface area contributed by atoms with Gasteiger partial charge < -0.3 is 15.0 Å². The summed E-state index contributed by atoms with van der Waals surface area (Å²) in [4.78, 5) is 24.6. The second kappa shape index (κ2) is 6.93. The van der Waals surface area contributed by atoms with Gasteiger partial charge in [0.1, 0.15) is 0 Å². The van der Waals surface area contributed by atoms with Crippen LogP contribution < -0.4 is 10.1 Å². The smallest absolute Gasteiger partial charge is 0.312 e. The molecule has 0 radical (unpaired) electrons. The normalized spacial score (nSPS) is 19.6. The van der Waals surface area contributed by atoms with Gasteiger partial charge in [-0.3, -0.25) is 14.9 Å². The number of hydrogen-bond donors (Lipinski definition) is 1. The number of nitrogens with zero attached hydrogens (tertiary/aromatic N) is 2. The molecule has 0 aromatic heterocycles. The number of amides is 1. The number of halogens is 1. The molecule has 1 heterocycles. The van der Waals surface area contributed by atoms with Crippen molar-refractivity contribution in [1.82, 2.24) is 10.2 Å². The third kappa shape index (κ3) is 3.66. The van der Waals surface area contributed by atoms with Crippen molar-refractivity contribution >= 4 is 23.2 Å². The van der Waals surface area contributed by atoms with Gasteiger partial charge in [-0.1, -0.05) is 11.6 Å². The first kappa shape index (κ1) is 16.5. The number of nitro groups is 1. The molecule has 0 bridgehead atoms. The predicted molar refractivity (Wildman–Crippen MR) is 82.2 cm³/mol. The van der Waals surface area contributed by atoms with Crippen LogP contribution in [0.3, 0.4) is 0 Å². The molecule has 1 unspecified atom stereocenters. The average Bonchev–Trinajstić information content (AvgIpc) is 2.48. The quantitative estimate of drug-likeness (QED) is 0.673. The van der Waals surface area contributed by atoms with E-state index in [4.69, 9.17) is 16.3 Å². The first-order chi connectivity index (χ1) is 10.4. The van der Waals surface area contributed by atoms with Crippen LogP contribution in [0.25, 0.3) is 0 Å². The number of ether oxygens (including phenoxy) is 1. The number of nitro benzene ring substituents is 1. The molecule has 1 N–H and O–H groups in total. The molecule has 1 saturated heterocycles. The van der Waals surface area contributed by atoms with E-state index in [0.717, 1.165) is 13.1 Å². The van der Waals surface area contributed by atoms with Gasteiger partial charge in [0, 0.05) is 36.8 Å². The summed E-state index contributed by atoms with van der Waals surface area (Å²) in [6, 6.07) is 4.18. The van der Waals surface area contributed by atoms with E-state index in [1.165, 1.54) is 18.2 Å². The van der Waals surface area contributed by atoms with Crippen LogP contribution >= 0.6 is 11.6 Å². The van der Waals surface area contributed by atoms with Crippen molar-refractivity contribution in [3.8, 4) is 5.75 Å². The van der Waals surface area contributed by atoms with E-state index in [-0.39, 0.29) is 28.4 Å². The number of piperazine rings is 1. The van der Waals surface area contributed by atoms with Gasteiger partial charge >= 0.3 is 5.69 Å². The molecular formula is C14H18ClN3O4. The minimum absolute atomic E-state index is 0.0398. The Hall–Kier alpha value is -1.86. The Morgan fingerprint density at radius 1 is 1.59 bits per heavy atom. The third-order valence-corrected chi connectivity index (χ3v) is 3.79. The summed E-state index contributed by atoms with van der Waals surface area (Å²) in [5.74, 6) is -0.142. The van der Waals surface area contributed by atoms with Crippen LogP contribution in [0.1, 0.15) is 13.8 Å². The topological polar surface area (TPSA) is 84.7 Å². The molecule has 1 aliphatic heterocycles. The number of nitrogens with one attached hydrogen (secondary N) is 1. The Balaban J connectivity index is 2.13. The molecule has 22 heavy (non-hydrogen) atoms. The molecule has 0 spiro atoms. The van der Waals surface area contributed by atoms with Crippen LogP contribution in [0, 0.1) is 10.1 Å². The molecule has 0 saturated carbocycles. The van der Waals surface area contributed by atoms with E-state index in [0.29, 0.717) is 6.54 Å². The second-order valence-electron chi connectivity index (χ2n) is 5.21. The lowest BCUT2D eigenvalue weighted by Gasteiger charge is -2.35. The van der Waals surface area contributed by atoms with E-state index in [2.05, 4.69) is 5.32 Å². The maximum absolute atomic E-state index is 12.4. The van der Waals surface area contributed by atoms with E-state index in [1.807, 2.05) is 6.92 Å². The lowest BCUT2D eigenvalue weighted by molar-refractivity contribution is -0.386. The molecule has 2 atom stereocenters.